The van der Waals surface area contributed by atoms with E-state index >= 15 is 0 Å². The summed E-state index contributed by atoms with van der Waals surface area (Å²) in [6.45, 7) is 4.49. The lowest BCUT2D eigenvalue weighted by Gasteiger charge is -2.28. The summed E-state index contributed by atoms with van der Waals surface area (Å²) in [6.07, 6.45) is 4.53. The third-order valence-electron chi connectivity index (χ3n) is 4.68. The molecule has 0 spiro atoms. The van der Waals surface area contributed by atoms with Crippen LogP contribution in [0, 0.1) is 0 Å². The van der Waals surface area contributed by atoms with Gasteiger partial charge in [-0.25, -0.2) is 0 Å². The van der Waals surface area contributed by atoms with Crippen molar-refractivity contribution in [1.82, 2.24) is 4.90 Å². The van der Waals surface area contributed by atoms with Gasteiger partial charge in [0.05, 0.1) is 6.61 Å². The highest BCUT2D eigenvalue weighted by atomic mass is 16.5. The van der Waals surface area contributed by atoms with Gasteiger partial charge in [-0.1, -0.05) is 19.1 Å². The topological polar surface area (TPSA) is 32.7 Å². The Morgan fingerprint density at radius 1 is 1.47 bits per heavy atom. The first kappa shape index (κ1) is 12.9. The normalized spacial score (nSPS) is 30.5. The van der Waals surface area contributed by atoms with Crippen molar-refractivity contribution in [3.8, 4) is 5.75 Å². The zero-order valence-corrected chi connectivity index (χ0v) is 11.6. The van der Waals surface area contributed by atoms with Crippen LogP contribution in [-0.2, 0) is 6.42 Å². The van der Waals surface area contributed by atoms with E-state index in [1.807, 2.05) is 6.07 Å². The van der Waals surface area contributed by atoms with Crippen LogP contribution < -0.4 is 4.74 Å². The van der Waals surface area contributed by atoms with E-state index in [9.17, 15) is 5.11 Å². The molecule has 0 unspecified atom stereocenters. The molecular formula is C16H23NO2. The molecule has 1 aromatic carbocycles. The van der Waals surface area contributed by atoms with E-state index in [-0.39, 0.29) is 18.2 Å². The number of rotatable bonds is 4. The van der Waals surface area contributed by atoms with Crippen LogP contribution in [-0.4, -0.2) is 41.3 Å². The van der Waals surface area contributed by atoms with E-state index in [0.29, 0.717) is 0 Å². The number of fused-ring (bicyclic) bond motifs is 1. The minimum atomic E-state index is 0.00698. The van der Waals surface area contributed by atoms with Crippen LogP contribution in [0.25, 0.3) is 0 Å². The maximum atomic E-state index is 9.70. The molecule has 2 heterocycles. The van der Waals surface area contributed by atoms with Crippen LogP contribution in [0.5, 0.6) is 5.75 Å². The maximum Gasteiger partial charge on any atom is 0.120 e. The SMILES string of the molecule is CCc1cccc(O[C@H]2CN3CCC[C@]3(CO)C2)c1. The van der Waals surface area contributed by atoms with E-state index in [2.05, 4.69) is 30.0 Å². The van der Waals surface area contributed by atoms with Gasteiger partial charge in [-0.15, -0.1) is 0 Å². The van der Waals surface area contributed by atoms with Crippen LogP contribution in [0.2, 0.25) is 0 Å². The van der Waals surface area contributed by atoms with Crippen molar-refractivity contribution in [3.63, 3.8) is 0 Å². The van der Waals surface area contributed by atoms with Crippen molar-refractivity contribution in [2.45, 2.75) is 44.2 Å². The first-order valence-electron chi connectivity index (χ1n) is 7.37. The van der Waals surface area contributed by atoms with E-state index < -0.39 is 0 Å². The maximum absolute atomic E-state index is 9.70. The van der Waals surface area contributed by atoms with Crippen LogP contribution >= 0.6 is 0 Å². The molecular weight excluding hydrogens is 238 g/mol. The van der Waals surface area contributed by atoms with E-state index in [4.69, 9.17) is 4.74 Å². The number of hydrogen-bond donors (Lipinski definition) is 1. The largest absolute Gasteiger partial charge is 0.489 e. The predicted molar refractivity (Wildman–Crippen MR) is 75.5 cm³/mol. The number of benzene rings is 1. The Kier molecular flexibility index (Phi) is 3.50. The molecule has 2 aliphatic heterocycles. The molecule has 3 nitrogen and oxygen atoms in total. The zero-order valence-electron chi connectivity index (χ0n) is 11.6. The molecule has 104 valence electrons. The van der Waals surface area contributed by atoms with Crippen LogP contribution in [0.3, 0.4) is 0 Å². The molecule has 2 fully saturated rings. The molecule has 3 rings (SSSR count). The van der Waals surface area contributed by atoms with Crippen molar-refractivity contribution in [2.75, 3.05) is 19.7 Å². The lowest BCUT2D eigenvalue weighted by Crippen LogP contribution is -2.41. The average Bonchev–Trinajstić information content (AvgIpc) is 2.95. The van der Waals surface area contributed by atoms with Gasteiger partial charge in [-0.2, -0.15) is 0 Å². The zero-order chi connectivity index (χ0) is 13.3. The summed E-state index contributed by atoms with van der Waals surface area (Å²) in [5, 5.41) is 9.70. The second-order valence-corrected chi connectivity index (χ2v) is 5.88. The average molecular weight is 261 g/mol. The summed E-state index contributed by atoms with van der Waals surface area (Å²) in [4.78, 5) is 2.42. The van der Waals surface area contributed by atoms with Gasteiger partial charge in [0.25, 0.3) is 0 Å². The van der Waals surface area contributed by atoms with Crippen LogP contribution in [0.1, 0.15) is 31.7 Å². The van der Waals surface area contributed by atoms with Crippen molar-refractivity contribution < 1.29 is 9.84 Å². The molecule has 19 heavy (non-hydrogen) atoms. The fourth-order valence-corrected chi connectivity index (χ4v) is 3.60. The first-order valence-corrected chi connectivity index (χ1v) is 7.37. The third-order valence-corrected chi connectivity index (χ3v) is 4.68. The summed E-state index contributed by atoms with van der Waals surface area (Å²) in [5.41, 5.74) is 1.32. The molecule has 0 aromatic heterocycles. The summed E-state index contributed by atoms with van der Waals surface area (Å²) < 4.78 is 6.13. The second-order valence-electron chi connectivity index (χ2n) is 5.88. The Balaban J connectivity index is 1.68. The van der Waals surface area contributed by atoms with Gasteiger partial charge in [0.15, 0.2) is 0 Å². The second kappa shape index (κ2) is 5.14. The van der Waals surface area contributed by atoms with Crippen LogP contribution in [0.15, 0.2) is 24.3 Å². The standard InChI is InChI=1S/C16H23NO2/c1-2-13-5-3-6-14(9-13)19-15-10-16(12-18)7-4-8-17(16)11-15/h3,5-6,9,15,18H,2,4,7-8,10-12H2,1H3/t15-,16-/m1/s1. The molecule has 1 N–H and O–H groups in total. The Labute approximate surface area is 115 Å². The van der Waals surface area contributed by atoms with E-state index in [1.54, 1.807) is 0 Å². The molecule has 0 saturated carbocycles. The molecule has 0 bridgehead atoms. The quantitative estimate of drug-likeness (QED) is 0.902. The fourth-order valence-electron chi connectivity index (χ4n) is 3.60. The lowest BCUT2D eigenvalue weighted by atomic mass is 9.94. The van der Waals surface area contributed by atoms with Crippen molar-refractivity contribution in [2.24, 2.45) is 0 Å². The summed E-state index contributed by atoms with van der Waals surface area (Å²) in [7, 11) is 0. The number of nitrogens with zero attached hydrogens (tertiary/aromatic N) is 1. The van der Waals surface area contributed by atoms with Gasteiger partial charge in [0.2, 0.25) is 0 Å². The van der Waals surface area contributed by atoms with Gasteiger partial charge >= 0.3 is 0 Å². The number of hydrogen-bond acceptors (Lipinski definition) is 3. The van der Waals surface area contributed by atoms with E-state index in [0.717, 1.165) is 38.1 Å². The van der Waals surface area contributed by atoms with Crippen molar-refractivity contribution >= 4 is 0 Å². The molecule has 1 aromatic rings. The molecule has 0 radical (unpaired) electrons. The third kappa shape index (κ3) is 2.37. The molecule has 2 atom stereocenters. The Bertz CT molecular complexity index is 448. The van der Waals surface area contributed by atoms with Crippen molar-refractivity contribution in [1.29, 1.82) is 0 Å². The molecule has 2 aliphatic rings. The Hall–Kier alpha value is -1.06. The number of ether oxygens (including phenoxy) is 1. The van der Waals surface area contributed by atoms with Gasteiger partial charge < -0.3 is 9.84 Å². The van der Waals surface area contributed by atoms with Crippen molar-refractivity contribution in [3.05, 3.63) is 29.8 Å². The summed E-state index contributed by atoms with van der Waals surface area (Å²) in [5.74, 6) is 0.971. The predicted octanol–water partition coefficient (Wildman–Crippen LogP) is 2.23. The fraction of sp³-hybridized carbons (Fsp3) is 0.625. The Morgan fingerprint density at radius 2 is 2.37 bits per heavy atom. The molecule has 3 heteroatoms. The van der Waals surface area contributed by atoms with Crippen LogP contribution in [0.4, 0.5) is 0 Å². The summed E-state index contributed by atoms with van der Waals surface area (Å²) >= 11 is 0. The summed E-state index contributed by atoms with van der Waals surface area (Å²) in [6, 6.07) is 8.37. The highest BCUT2D eigenvalue weighted by Gasteiger charge is 2.48. The van der Waals surface area contributed by atoms with Gasteiger partial charge in [0.1, 0.15) is 11.9 Å². The molecule has 2 saturated heterocycles. The van der Waals surface area contributed by atoms with Gasteiger partial charge in [0, 0.05) is 18.5 Å². The number of aryl methyl sites for hydroxylation is 1. The minimum Gasteiger partial charge on any atom is -0.489 e. The number of aliphatic hydroxyl groups excluding tert-OH is 1. The molecule has 0 aliphatic carbocycles. The highest BCUT2D eigenvalue weighted by Crippen LogP contribution is 2.39. The minimum absolute atomic E-state index is 0.00698. The first-order chi connectivity index (χ1) is 9.25. The smallest absolute Gasteiger partial charge is 0.120 e. The van der Waals surface area contributed by atoms with E-state index in [1.165, 1.54) is 12.0 Å². The molecule has 0 amide bonds. The monoisotopic (exact) mass is 261 g/mol. The highest BCUT2D eigenvalue weighted by molar-refractivity contribution is 5.29. The lowest BCUT2D eigenvalue weighted by molar-refractivity contribution is 0.0993. The Morgan fingerprint density at radius 3 is 3.11 bits per heavy atom. The number of aliphatic hydroxyl groups is 1. The van der Waals surface area contributed by atoms with Gasteiger partial charge in [-0.3, -0.25) is 4.90 Å². The van der Waals surface area contributed by atoms with Gasteiger partial charge in [-0.05, 0) is 43.5 Å².